The molecule has 240 valence electrons. The summed E-state index contributed by atoms with van der Waals surface area (Å²) < 4.78 is 10.1. The normalized spacial score (nSPS) is 19.3. The third-order valence-electron chi connectivity index (χ3n) is 9.91. The number of carbonyl (C=O) groups excluding carboxylic acids is 1. The quantitative estimate of drug-likeness (QED) is 0.196. The summed E-state index contributed by atoms with van der Waals surface area (Å²) in [6.45, 7) is 6.62. The van der Waals surface area contributed by atoms with Gasteiger partial charge in [0.15, 0.2) is 0 Å². The Kier molecular flexibility index (Phi) is 7.20. The first-order valence-corrected chi connectivity index (χ1v) is 16.2. The van der Waals surface area contributed by atoms with E-state index in [1.165, 1.54) is 30.9 Å². The molecule has 1 aliphatic carbocycles. The van der Waals surface area contributed by atoms with Gasteiger partial charge in [-0.1, -0.05) is 24.8 Å². The van der Waals surface area contributed by atoms with Crippen LogP contribution in [-0.2, 0) is 11.8 Å². The summed E-state index contributed by atoms with van der Waals surface area (Å²) in [5, 5.41) is 12.0. The first-order chi connectivity index (χ1) is 22.9. The summed E-state index contributed by atoms with van der Waals surface area (Å²) in [5.74, 6) is 1.38. The van der Waals surface area contributed by atoms with Gasteiger partial charge in [0, 0.05) is 84.5 Å². The molecular formula is C36H39N9O2. The molecule has 2 atom stereocenters. The lowest BCUT2D eigenvalue weighted by Crippen LogP contribution is -2.32. The van der Waals surface area contributed by atoms with Gasteiger partial charge in [0.1, 0.15) is 5.75 Å². The Hall–Kier alpha value is -5.16. The number of para-hydroxylation sites is 1. The number of benzene rings is 2. The van der Waals surface area contributed by atoms with E-state index in [1.807, 2.05) is 37.8 Å². The Labute approximate surface area is 273 Å². The van der Waals surface area contributed by atoms with E-state index in [0.29, 0.717) is 41.1 Å². The highest BCUT2D eigenvalue weighted by Gasteiger charge is 2.40. The van der Waals surface area contributed by atoms with Crippen LogP contribution in [0.25, 0.3) is 33.3 Å². The minimum atomic E-state index is -0.273. The molecule has 5 heterocycles. The first kappa shape index (κ1) is 29.3. The Bertz CT molecular complexity index is 2010. The van der Waals surface area contributed by atoms with Crippen LogP contribution in [0.1, 0.15) is 25.3 Å². The van der Waals surface area contributed by atoms with Gasteiger partial charge in [0.25, 0.3) is 0 Å². The number of fused-ring (bicyclic) bond motifs is 2. The minimum absolute atomic E-state index is 0.273. The van der Waals surface area contributed by atoms with Crippen molar-refractivity contribution in [2.75, 3.05) is 49.3 Å². The summed E-state index contributed by atoms with van der Waals surface area (Å²) >= 11 is 0. The number of carbonyl (C=O) groups is 1. The SMILES string of the molecule is C=CC(=O)Nc1cc(Nc2ncc(-c3cnn(C)c3)c(-c3cn(C4CC4)c4ccccc34)n2)c(OC)cc1N1CC2CCN(C)C2C1. The molecule has 3 fully saturated rings. The topological polar surface area (TPSA) is 105 Å². The second-order valence-electron chi connectivity index (χ2n) is 12.9. The van der Waals surface area contributed by atoms with Gasteiger partial charge in [0.2, 0.25) is 11.9 Å². The summed E-state index contributed by atoms with van der Waals surface area (Å²) in [4.78, 5) is 27.3. The van der Waals surface area contributed by atoms with Gasteiger partial charge in [-0.05, 0) is 57.0 Å². The van der Waals surface area contributed by atoms with Crippen molar-refractivity contribution in [3.8, 4) is 28.1 Å². The molecule has 47 heavy (non-hydrogen) atoms. The number of amides is 1. The lowest BCUT2D eigenvalue weighted by molar-refractivity contribution is -0.111. The number of nitrogens with one attached hydrogen (secondary N) is 2. The monoisotopic (exact) mass is 629 g/mol. The van der Waals surface area contributed by atoms with Gasteiger partial charge in [0.05, 0.1) is 36.1 Å². The number of anilines is 4. The molecule has 2 aliphatic heterocycles. The van der Waals surface area contributed by atoms with Crippen LogP contribution in [0, 0.1) is 5.92 Å². The van der Waals surface area contributed by atoms with Crippen LogP contribution in [0.3, 0.4) is 0 Å². The van der Waals surface area contributed by atoms with Gasteiger partial charge in [-0.2, -0.15) is 5.10 Å². The van der Waals surface area contributed by atoms with Crippen molar-refractivity contribution in [1.29, 1.82) is 0 Å². The number of hydrogen-bond donors (Lipinski definition) is 2. The molecule has 3 aromatic heterocycles. The summed E-state index contributed by atoms with van der Waals surface area (Å²) in [5.41, 5.74) is 7.15. The van der Waals surface area contributed by atoms with Crippen LogP contribution in [0.4, 0.5) is 23.0 Å². The molecule has 2 unspecified atom stereocenters. The molecular weight excluding hydrogens is 590 g/mol. The van der Waals surface area contributed by atoms with Crippen LogP contribution in [0.5, 0.6) is 5.75 Å². The number of likely N-dealkylation sites (N-methyl/N-ethyl adjacent to an activating group) is 1. The summed E-state index contributed by atoms with van der Waals surface area (Å²) in [6, 6.07) is 13.4. The van der Waals surface area contributed by atoms with Gasteiger partial charge in [-0.25, -0.2) is 9.97 Å². The zero-order valence-corrected chi connectivity index (χ0v) is 27.0. The number of rotatable bonds is 9. The smallest absolute Gasteiger partial charge is 0.247 e. The van der Waals surface area contributed by atoms with Crippen LogP contribution in [-0.4, -0.2) is 75.0 Å². The number of likely N-dealkylation sites (tertiary alicyclic amines) is 1. The second-order valence-corrected chi connectivity index (χ2v) is 12.9. The highest BCUT2D eigenvalue weighted by atomic mass is 16.5. The molecule has 0 spiro atoms. The zero-order chi connectivity index (χ0) is 32.2. The highest BCUT2D eigenvalue weighted by Crippen LogP contribution is 2.44. The Balaban J connectivity index is 1.21. The van der Waals surface area contributed by atoms with E-state index in [1.54, 1.807) is 11.8 Å². The van der Waals surface area contributed by atoms with Crippen molar-refractivity contribution >= 4 is 39.8 Å². The molecule has 1 amide bonds. The lowest BCUT2D eigenvalue weighted by atomic mass is 10.0. The van der Waals surface area contributed by atoms with Crippen LogP contribution < -0.4 is 20.3 Å². The number of ether oxygens (including phenoxy) is 1. The standard InChI is InChI=1S/C36H39N9O2/c1-5-34(46)39-28-14-29(33(47-4)15-31(28)44-19-22-12-13-42(2)32(22)21-44)40-36-37-17-26(23-16-38-43(3)18-23)35(41-36)27-20-45(24-10-11-24)30-9-7-6-8-25(27)30/h5-9,14-18,20,22,24,32H,1,10-13,19,21H2,2-4H3,(H,39,46)(H,37,40,41). The predicted octanol–water partition coefficient (Wildman–Crippen LogP) is 5.85. The summed E-state index contributed by atoms with van der Waals surface area (Å²) in [6.07, 6.45) is 12.7. The molecule has 11 nitrogen and oxygen atoms in total. The third kappa shape index (κ3) is 5.30. The van der Waals surface area contributed by atoms with Crippen molar-refractivity contribution < 1.29 is 9.53 Å². The number of methoxy groups -OCH3 is 1. The van der Waals surface area contributed by atoms with E-state index < -0.39 is 0 Å². The average Bonchev–Trinajstić information content (AvgIpc) is 3.36. The average molecular weight is 630 g/mol. The second kappa shape index (κ2) is 11.6. The van der Waals surface area contributed by atoms with E-state index in [4.69, 9.17) is 14.7 Å². The van der Waals surface area contributed by atoms with Crippen LogP contribution in [0.2, 0.25) is 0 Å². The van der Waals surface area contributed by atoms with Crippen molar-refractivity contribution in [2.45, 2.75) is 31.3 Å². The number of nitrogens with zero attached hydrogens (tertiary/aromatic N) is 7. The largest absolute Gasteiger partial charge is 0.494 e. The van der Waals surface area contributed by atoms with E-state index in [-0.39, 0.29) is 5.91 Å². The lowest BCUT2D eigenvalue weighted by Gasteiger charge is -2.26. The molecule has 8 rings (SSSR count). The maximum absolute atomic E-state index is 12.6. The Morgan fingerprint density at radius 2 is 1.89 bits per heavy atom. The minimum Gasteiger partial charge on any atom is -0.494 e. The van der Waals surface area contributed by atoms with Gasteiger partial charge >= 0.3 is 0 Å². The summed E-state index contributed by atoms with van der Waals surface area (Å²) in [7, 11) is 5.76. The molecule has 3 aliphatic rings. The Morgan fingerprint density at radius 3 is 2.64 bits per heavy atom. The predicted molar refractivity (Wildman–Crippen MR) is 185 cm³/mol. The van der Waals surface area contributed by atoms with E-state index >= 15 is 0 Å². The van der Waals surface area contributed by atoms with Gasteiger partial charge in [-0.3, -0.25) is 9.48 Å². The molecule has 2 saturated heterocycles. The van der Waals surface area contributed by atoms with Crippen LogP contribution >= 0.6 is 0 Å². The molecule has 2 aromatic carbocycles. The fourth-order valence-corrected chi connectivity index (χ4v) is 7.34. The molecule has 1 saturated carbocycles. The molecule has 0 radical (unpaired) electrons. The van der Waals surface area contributed by atoms with Gasteiger partial charge in [-0.15, -0.1) is 0 Å². The van der Waals surface area contributed by atoms with Crippen molar-refractivity contribution in [1.82, 2.24) is 29.2 Å². The van der Waals surface area contributed by atoms with Crippen molar-refractivity contribution in [3.63, 3.8) is 0 Å². The fraction of sp³-hybridized carbons (Fsp3) is 0.333. The van der Waals surface area contributed by atoms with Gasteiger partial charge < -0.3 is 29.7 Å². The molecule has 11 heteroatoms. The molecule has 0 bridgehead atoms. The highest BCUT2D eigenvalue weighted by molar-refractivity contribution is 6.02. The number of aryl methyl sites for hydroxylation is 1. The maximum Gasteiger partial charge on any atom is 0.247 e. The first-order valence-electron chi connectivity index (χ1n) is 16.2. The number of aromatic nitrogens is 5. The van der Waals surface area contributed by atoms with E-state index in [0.717, 1.165) is 53.1 Å². The Morgan fingerprint density at radius 1 is 1.04 bits per heavy atom. The van der Waals surface area contributed by atoms with Crippen molar-refractivity contribution in [2.24, 2.45) is 13.0 Å². The maximum atomic E-state index is 12.6. The van der Waals surface area contributed by atoms with E-state index in [9.17, 15) is 4.79 Å². The van der Waals surface area contributed by atoms with Crippen LogP contribution in [0.15, 0.2) is 73.8 Å². The van der Waals surface area contributed by atoms with E-state index in [2.05, 4.69) is 74.2 Å². The molecule has 2 N–H and O–H groups in total. The zero-order valence-electron chi connectivity index (χ0n) is 27.0. The third-order valence-corrected chi connectivity index (χ3v) is 9.91. The fourth-order valence-electron chi connectivity index (χ4n) is 7.34. The molecule has 5 aromatic rings. The number of hydrogen-bond acceptors (Lipinski definition) is 8. The van der Waals surface area contributed by atoms with Crippen molar-refractivity contribution in [3.05, 3.63) is 73.8 Å².